The molecular weight excluding hydrogens is 356 g/mol. The van der Waals surface area contributed by atoms with Crippen LogP contribution in [-0.4, -0.2) is 29.9 Å². The number of ether oxygens (including phenoxy) is 2. The molecule has 0 radical (unpaired) electrons. The Kier molecular flexibility index (Phi) is 8.08. The number of Topliss-reactive ketones (excluding diaryl/α,β-unsaturated/α-hetero) is 1. The Morgan fingerprint density at radius 2 is 1.04 bits per heavy atom. The van der Waals surface area contributed by atoms with Crippen LogP contribution >= 0.6 is 0 Å². The van der Waals surface area contributed by atoms with Crippen LogP contribution in [0.2, 0.25) is 0 Å². The van der Waals surface area contributed by atoms with Crippen LogP contribution in [-0.2, 0) is 23.9 Å². The molecule has 2 saturated carbocycles. The third kappa shape index (κ3) is 5.81. The maximum Gasteiger partial charge on any atom is 0.387 e. The highest BCUT2D eigenvalue weighted by Crippen LogP contribution is 2.36. The third-order valence-electron chi connectivity index (χ3n) is 6.81. The van der Waals surface area contributed by atoms with Gasteiger partial charge in [0.2, 0.25) is 0 Å². The van der Waals surface area contributed by atoms with Crippen molar-refractivity contribution in [3.8, 4) is 0 Å². The van der Waals surface area contributed by atoms with Crippen LogP contribution in [0.1, 0.15) is 80.1 Å². The largest absolute Gasteiger partial charge is 0.456 e. The Labute approximate surface area is 169 Å². The molecule has 0 saturated heterocycles. The summed E-state index contributed by atoms with van der Waals surface area (Å²) in [5.41, 5.74) is 0. The highest BCUT2D eigenvalue weighted by molar-refractivity contribution is 6.60. The van der Waals surface area contributed by atoms with Gasteiger partial charge in [0.15, 0.2) is 0 Å². The van der Waals surface area contributed by atoms with E-state index >= 15 is 0 Å². The lowest BCUT2D eigenvalue weighted by Gasteiger charge is -2.37. The fraction of sp³-hybridized carbons (Fsp3) is 0.870. The van der Waals surface area contributed by atoms with E-state index in [0.717, 1.165) is 38.5 Å². The molecule has 5 heteroatoms. The number of esters is 2. The first-order valence-electron chi connectivity index (χ1n) is 11.1. The molecule has 0 aromatic rings. The Balaban J connectivity index is 1.97. The second-order valence-electron chi connectivity index (χ2n) is 9.87. The van der Waals surface area contributed by atoms with Crippen LogP contribution in [0.3, 0.4) is 0 Å². The summed E-state index contributed by atoms with van der Waals surface area (Å²) in [6.07, 6.45) is 5.04. The molecule has 2 fully saturated rings. The second kappa shape index (κ2) is 9.89. The first-order chi connectivity index (χ1) is 13.1. The molecule has 5 nitrogen and oxygen atoms in total. The van der Waals surface area contributed by atoms with Crippen LogP contribution in [0.4, 0.5) is 0 Å². The third-order valence-corrected chi connectivity index (χ3v) is 6.81. The van der Waals surface area contributed by atoms with Crippen LogP contribution in [0.5, 0.6) is 0 Å². The fourth-order valence-electron chi connectivity index (χ4n) is 4.97. The van der Waals surface area contributed by atoms with E-state index in [1.165, 1.54) is 0 Å². The summed E-state index contributed by atoms with van der Waals surface area (Å²) in [5.74, 6) is -1.19. The van der Waals surface area contributed by atoms with Gasteiger partial charge in [0, 0.05) is 0 Å². The van der Waals surface area contributed by atoms with Crippen LogP contribution < -0.4 is 0 Å². The van der Waals surface area contributed by atoms with Crippen molar-refractivity contribution < 1.29 is 23.9 Å². The van der Waals surface area contributed by atoms with Crippen molar-refractivity contribution in [1.82, 2.24) is 0 Å². The van der Waals surface area contributed by atoms with E-state index in [1.807, 2.05) is 0 Å². The molecule has 0 aromatic heterocycles. The summed E-state index contributed by atoms with van der Waals surface area (Å²) in [5, 5.41) is 0. The van der Waals surface area contributed by atoms with Crippen molar-refractivity contribution in [3.63, 3.8) is 0 Å². The van der Waals surface area contributed by atoms with E-state index in [-0.39, 0.29) is 24.0 Å². The molecule has 6 atom stereocenters. The molecule has 0 aliphatic heterocycles. The number of hydrogen-bond acceptors (Lipinski definition) is 5. The van der Waals surface area contributed by atoms with Gasteiger partial charge in [0.05, 0.1) is 0 Å². The fourth-order valence-corrected chi connectivity index (χ4v) is 4.97. The number of carbonyl (C=O) groups excluding carboxylic acids is 3. The van der Waals surface area contributed by atoms with E-state index in [0.29, 0.717) is 23.7 Å². The number of carbonyl (C=O) groups is 3. The zero-order valence-electron chi connectivity index (χ0n) is 18.4. The molecule has 0 N–H and O–H groups in total. The van der Waals surface area contributed by atoms with E-state index in [1.54, 1.807) is 0 Å². The molecule has 28 heavy (non-hydrogen) atoms. The lowest BCUT2D eigenvalue weighted by atomic mass is 9.75. The van der Waals surface area contributed by atoms with Gasteiger partial charge >= 0.3 is 17.7 Å². The van der Waals surface area contributed by atoms with Gasteiger partial charge in [0.1, 0.15) is 12.2 Å². The molecule has 160 valence electrons. The molecule has 0 heterocycles. The quantitative estimate of drug-likeness (QED) is 0.375. The smallest absolute Gasteiger partial charge is 0.387 e. The van der Waals surface area contributed by atoms with E-state index in [4.69, 9.17) is 9.47 Å². The van der Waals surface area contributed by atoms with Crippen molar-refractivity contribution in [1.29, 1.82) is 0 Å². The maximum absolute atomic E-state index is 12.4. The summed E-state index contributed by atoms with van der Waals surface area (Å²) >= 11 is 0. The number of rotatable bonds is 6. The molecule has 0 bridgehead atoms. The van der Waals surface area contributed by atoms with Gasteiger partial charge in [-0.3, -0.25) is 4.79 Å². The van der Waals surface area contributed by atoms with Crippen molar-refractivity contribution in [3.05, 3.63) is 0 Å². The summed E-state index contributed by atoms with van der Waals surface area (Å²) in [6.45, 7) is 12.7. The van der Waals surface area contributed by atoms with Crippen molar-refractivity contribution in [2.24, 2.45) is 35.5 Å². The average Bonchev–Trinajstić information content (AvgIpc) is 2.60. The molecule has 0 amide bonds. The molecule has 2 rings (SSSR count). The van der Waals surface area contributed by atoms with Crippen LogP contribution in [0, 0.1) is 35.5 Å². The van der Waals surface area contributed by atoms with Gasteiger partial charge in [-0.15, -0.1) is 0 Å². The summed E-state index contributed by atoms with van der Waals surface area (Å²) < 4.78 is 11.0. The van der Waals surface area contributed by atoms with Gasteiger partial charge in [-0.05, 0) is 61.2 Å². The molecule has 2 aliphatic carbocycles. The monoisotopic (exact) mass is 394 g/mol. The summed E-state index contributed by atoms with van der Waals surface area (Å²) in [7, 11) is 0. The molecule has 0 spiro atoms. The maximum atomic E-state index is 12.4. The minimum atomic E-state index is -1.17. The predicted molar refractivity (Wildman–Crippen MR) is 107 cm³/mol. The average molecular weight is 395 g/mol. The number of ketones is 1. The molecular formula is C23H38O5. The predicted octanol–water partition coefficient (Wildman–Crippen LogP) is 4.56. The van der Waals surface area contributed by atoms with Crippen LogP contribution in [0.25, 0.3) is 0 Å². The van der Waals surface area contributed by atoms with Gasteiger partial charge in [-0.2, -0.15) is 0 Å². The normalized spacial score (nSPS) is 33.6. The first-order valence-corrected chi connectivity index (χ1v) is 11.1. The van der Waals surface area contributed by atoms with Gasteiger partial charge in [0.25, 0.3) is 0 Å². The minimum absolute atomic E-state index is 0.230. The molecule has 2 aliphatic rings. The SMILES string of the molecule is CC(C)[C@@H]1CC[C@@H](C)C[C@H]1OC(=O)C(=O)C(=O)O[C@@H]1C[C@H](C)CC[C@H]1C(C)C. The van der Waals surface area contributed by atoms with E-state index in [2.05, 4.69) is 41.5 Å². The van der Waals surface area contributed by atoms with Gasteiger partial charge in [-0.25, -0.2) is 9.59 Å². The standard InChI is InChI=1S/C23H38O5/c1-13(2)17-9-7-15(5)11-19(17)27-22(25)21(24)23(26)28-20-12-16(6)8-10-18(20)14(3)4/h13-20H,7-12H2,1-6H3/t15-,16-,17+,18+,19-,20-/m1/s1. The second-order valence-corrected chi connectivity index (χ2v) is 9.87. The number of hydrogen-bond donors (Lipinski definition) is 0. The Bertz CT molecular complexity index is 519. The Hall–Kier alpha value is -1.39. The van der Waals surface area contributed by atoms with Crippen molar-refractivity contribution >= 4 is 17.7 Å². The lowest BCUT2D eigenvalue weighted by molar-refractivity contribution is -0.174. The zero-order chi connectivity index (χ0) is 21.0. The van der Waals surface area contributed by atoms with Crippen LogP contribution in [0.15, 0.2) is 0 Å². The van der Waals surface area contributed by atoms with Crippen molar-refractivity contribution in [2.45, 2.75) is 92.3 Å². The Morgan fingerprint density at radius 3 is 1.36 bits per heavy atom. The highest BCUT2D eigenvalue weighted by Gasteiger charge is 2.39. The highest BCUT2D eigenvalue weighted by atomic mass is 16.6. The first kappa shape index (κ1) is 22.9. The molecule has 0 aromatic carbocycles. The molecule has 0 unspecified atom stereocenters. The Morgan fingerprint density at radius 1 is 0.679 bits per heavy atom. The summed E-state index contributed by atoms with van der Waals surface area (Å²) in [4.78, 5) is 37.1. The van der Waals surface area contributed by atoms with Crippen molar-refractivity contribution in [2.75, 3.05) is 0 Å². The van der Waals surface area contributed by atoms with Gasteiger partial charge in [-0.1, -0.05) is 54.4 Å². The zero-order valence-corrected chi connectivity index (χ0v) is 18.4. The van der Waals surface area contributed by atoms with E-state index in [9.17, 15) is 14.4 Å². The minimum Gasteiger partial charge on any atom is -0.456 e. The summed E-state index contributed by atoms with van der Waals surface area (Å²) in [6, 6.07) is 0. The van der Waals surface area contributed by atoms with Gasteiger partial charge < -0.3 is 9.47 Å². The topological polar surface area (TPSA) is 69.7 Å². The lowest BCUT2D eigenvalue weighted by Crippen LogP contribution is -2.41. The van der Waals surface area contributed by atoms with E-state index < -0.39 is 17.7 Å².